The van der Waals surface area contributed by atoms with Crippen molar-refractivity contribution in [3.8, 4) is 11.5 Å². The number of carbonyl (C=O) groups excluding carboxylic acids is 1. The SMILES string of the molecule is CCOc1cccc(/C=N\NC(=O)c2n[nH]c3c2CCCC3)c1O. The second kappa shape index (κ2) is 7.16. The van der Waals surface area contributed by atoms with Crippen molar-refractivity contribution in [2.24, 2.45) is 5.10 Å². The van der Waals surface area contributed by atoms with E-state index in [9.17, 15) is 9.90 Å². The molecule has 1 heterocycles. The number of aromatic nitrogens is 2. The first-order valence-corrected chi connectivity index (χ1v) is 8.05. The minimum atomic E-state index is -0.355. The molecule has 0 unspecified atom stereocenters. The summed E-state index contributed by atoms with van der Waals surface area (Å²) in [4.78, 5) is 12.2. The number of nitrogens with zero attached hydrogens (tertiary/aromatic N) is 2. The number of phenolic OH excluding ortho intramolecular Hbond substituents is 1. The molecule has 0 atom stereocenters. The van der Waals surface area contributed by atoms with E-state index >= 15 is 0 Å². The minimum Gasteiger partial charge on any atom is -0.504 e. The van der Waals surface area contributed by atoms with Gasteiger partial charge in [0.25, 0.3) is 5.91 Å². The fraction of sp³-hybridized carbons (Fsp3) is 0.353. The van der Waals surface area contributed by atoms with Gasteiger partial charge in [0.2, 0.25) is 0 Å². The maximum Gasteiger partial charge on any atom is 0.292 e. The van der Waals surface area contributed by atoms with Crippen LogP contribution in [-0.2, 0) is 12.8 Å². The number of para-hydroxylation sites is 1. The molecule has 1 amide bonds. The van der Waals surface area contributed by atoms with Gasteiger partial charge in [0, 0.05) is 16.8 Å². The zero-order chi connectivity index (χ0) is 16.9. The van der Waals surface area contributed by atoms with Crippen LogP contribution in [-0.4, -0.2) is 34.0 Å². The molecule has 0 spiro atoms. The van der Waals surface area contributed by atoms with Crippen LogP contribution >= 0.6 is 0 Å². The summed E-state index contributed by atoms with van der Waals surface area (Å²) in [5.41, 5.74) is 5.34. The molecule has 126 valence electrons. The number of hydrogen-bond acceptors (Lipinski definition) is 5. The summed E-state index contributed by atoms with van der Waals surface area (Å²) in [6, 6.07) is 5.10. The van der Waals surface area contributed by atoms with Crippen molar-refractivity contribution in [3.05, 3.63) is 40.7 Å². The number of fused-ring (bicyclic) bond motifs is 1. The lowest BCUT2D eigenvalue weighted by atomic mass is 9.96. The number of hydrazone groups is 1. The van der Waals surface area contributed by atoms with Crippen LogP contribution in [0.3, 0.4) is 0 Å². The number of aromatic amines is 1. The van der Waals surface area contributed by atoms with Crippen LogP contribution in [0, 0.1) is 0 Å². The van der Waals surface area contributed by atoms with Crippen molar-refractivity contribution < 1.29 is 14.6 Å². The predicted molar refractivity (Wildman–Crippen MR) is 89.6 cm³/mol. The van der Waals surface area contributed by atoms with E-state index in [1.165, 1.54) is 6.21 Å². The van der Waals surface area contributed by atoms with Gasteiger partial charge < -0.3 is 9.84 Å². The minimum absolute atomic E-state index is 0.00509. The van der Waals surface area contributed by atoms with Crippen LogP contribution in [0.25, 0.3) is 0 Å². The number of aryl methyl sites for hydroxylation is 1. The molecular formula is C17H20N4O3. The third-order valence-electron chi connectivity index (χ3n) is 3.97. The number of ether oxygens (including phenoxy) is 1. The molecule has 2 aromatic rings. The molecule has 24 heavy (non-hydrogen) atoms. The molecule has 0 bridgehead atoms. The van der Waals surface area contributed by atoms with E-state index < -0.39 is 0 Å². The summed E-state index contributed by atoms with van der Waals surface area (Å²) >= 11 is 0. The Morgan fingerprint density at radius 3 is 3.12 bits per heavy atom. The maximum absolute atomic E-state index is 12.2. The highest BCUT2D eigenvalue weighted by atomic mass is 16.5. The molecular weight excluding hydrogens is 308 g/mol. The molecule has 0 aliphatic heterocycles. The van der Waals surface area contributed by atoms with Gasteiger partial charge in [-0.25, -0.2) is 5.43 Å². The van der Waals surface area contributed by atoms with Crippen LogP contribution in [0.2, 0.25) is 0 Å². The molecule has 1 aliphatic rings. The van der Waals surface area contributed by atoms with Gasteiger partial charge in [0.1, 0.15) is 0 Å². The lowest BCUT2D eigenvalue weighted by molar-refractivity contribution is 0.0949. The first-order valence-electron chi connectivity index (χ1n) is 8.05. The first kappa shape index (κ1) is 16.0. The standard InChI is InChI=1S/C17H20N4O3/c1-2-24-14-9-5-6-11(16(14)22)10-18-21-17(23)15-12-7-3-4-8-13(12)19-20-15/h5-6,9-10,22H,2-4,7-8H2,1H3,(H,19,20)(H,21,23)/b18-10-. The van der Waals surface area contributed by atoms with E-state index in [-0.39, 0.29) is 11.7 Å². The number of hydrogen-bond donors (Lipinski definition) is 3. The Bertz CT molecular complexity index is 767. The molecule has 1 aliphatic carbocycles. The van der Waals surface area contributed by atoms with Gasteiger partial charge in [-0.1, -0.05) is 6.07 Å². The average molecular weight is 328 g/mol. The van der Waals surface area contributed by atoms with Crippen LogP contribution in [0.4, 0.5) is 0 Å². The Labute approximate surface area is 139 Å². The van der Waals surface area contributed by atoms with E-state index in [0.29, 0.717) is 23.6 Å². The number of phenols is 1. The number of nitrogens with one attached hydrogen (secondary N) is 2. The van der Waals surface area contributed by atoms with Crippen LogP contribution < -0.4 is 10.2 Å². The summed E-state index contributed by atoms with van der Waals surface area (Å²) < 4.78 is 5.31. The van der Waals surface area contributed by atoms with Gasteiger partial charge in [-0.15, -0.1) is 0 Å². The zero-order valence-corrected chi connectivity index (χ0v) is 13.5. The average Bonchev–Trinajstić information content (AvgIpc) is 3.02. The largest absolute Gasteiger partial charge is 0.504 e. The fourth-order valence-corrected chi connectivity index (χ4v) is 2.80. The Morgan fingerprint density at radius 2 is 2.29 bits per heavy atom. The molecule has 0 saturated carbocycles. The lowest BCUT2D eigenvalue weighted by Crippen LogP contribution is -2.20. The van der Waals surface area contributed by atoms with E-state index in [4.69, 9.17) is 4.74 Å². The van der Waals surface area contributed by atoms with Crippen LogP contribution in [0.5, 0.6) is 11.5 Å². The second-order valence-electron chi connectivity index (χ2n) is 5.56. The summed E-state index contributed by atoms with van der Waals surface area (Å²) in [6.07, 6.45) is 5.35. The normalized spacial score (nSPS) is 13.7. The Kier molecular flexibility index (Phi) is 4.79. The third-order valence-corrected chi connectivity index (χ3v) is 3.97. The highest BCUT2D eigenvalue weighted by molar-refractivity contribution is 5.95. The molecule has 7 heteroatoms. The molecule has 7 nitrogen and oxygen atoms in total. The van der Waals surface area contributed by atoms with Crippen molar-refractivity contribution in [2.45, 2.75) is 32.6 Å². The van der Waals surface area contributed by atoms with Crippen molar-refractivity contribution >= 4 is 12.1 Å². The van der Waals surface area contributed by atoms with E-state index in [1.54, 1.807) is 18.2 Å². The molecule has 3 N–H and O–H groups in total. The third kappa shape index (κ3) is 3.24. The van der Waals surface area contributed by atoms with Crippen molar-refractivity contribution in [3.63, 3.8) is 0 Å². The Balaban J connectivity index is 1.69. The topological polar surface area (TPSA) is 99.6 Å². The molecule has 1 aromatic heterocycles. The lowest BCUT2D eigenvalue weighted by Gasteiger charge is -2.10. The van der Waals surface area contributed by atoms with Crippen molar-refractivity contribution in [1.29, 1.82) is 0 Å². The Hall–Kier alpha value is -2.83. The van der Waals surface area contributed by atoms with Crippen molar-refractivity contribution in [2.75, 3.05) is 6.61 Å². The van der Waals surface area contributed by atoms with Gasteiger partial charge in [-0.05, 0) is 44.7 Å². The zero-order valence-electron chi connectivity index (χ0n) is 13.5. The number of H-pyrrole nitrogens is 1. The molecule has 0 radical (unpaired) electrons. The van der Waals surface area contributed by atoms with Gasteiger partial charge >= 0.3 is 0 Å². The van der Waals surface area contributed by atoms with Gasteiger partial charge in [-0.2, -0.15) is 10.2 Å². The number of rotatable bonds is 5. The smallest absolute Gasteiger partial charge is 0.292 e. The van der Waals surface area contributed by atoms with E-state index in [2.05, 4.69) is 20.7 Å². The summed E-state index contributed by atoms with van der Waals surface area (Å²) in [5, 5.41) is 21.0. The van der Waals surface area contributed by atoms with Crippen LogP contribution in [0.15, 0.2) is 23.3 Å². The number of amides is 1. The predicted octanol–water partition coefficient (Wildman–Crippen LogP) is 2.16. The maximum atomic E-state index is 12.2. The highest BCUT2D eigenvalue weighted by Gasteiger charge is 2.21. The second-order valence-corrected chi connectivity index (χ2v) is 5.56. The Morgan fingerprint density at radius 1 is 1.46 bits per heavy atom. The summed E-state index contributed by atoms with van der Waals surface area (Å²) in [5.74, 6) is 0.0229. The summed E-state index contributed by atoms with van der Waals surface area (Å²) in [6.45, 7) is 2.29. The monoisotopic (exact) mass is 328 g/mol. The van der Waals surface area contributed by atoms with Gasteiger partial charge in [0.05, 0.1) is 12.8 Å². The van der Waals surface area contributed by atoms with E-state index in [1.807, 2.05) is 6.92 Å². The number of carbonyl (C=O) groups is 1. The summed E-state index contributed by atoms with van der Waals surface area (Å²) in [7, 11) is 0. The van der Waals surface area contributed by atoms with Gasteiger partial charge in [0.15, 0.2) is 17.2 Å². The van der Waals surface area contributed by atoms with E-state index in [0.717, 1.165) is 36.9 Å². The molecule has 0 fully saturated rings. The highest BCUT2D eigenvalue weighted by Crippen LogP contribution is 2.28. The molecule has 1 aromatic carbocycles. The number of benzene rings is 1. The fourth-order valence-electron chi connectivity index (χ4n) is 2.80. The van der Waals surface area contributed by atoms with Gasteiger partial charge in [-0.3, -0.25) is 9.89 Å². The number of aromatic hydroxyl groups is 1. The van der Waals surface area contributed by atoms with Crippen molar-refractivity contribution in [1.82, 2.24) is 15.6 Å². The first-order chi connectivity index (χ1) is 11.7. The quantitative estimate of drug-likeness (QED) is 0.578. The van der Waals surface area contributed by atoms with Crippen LogP contribution in [0.1, 0.15) is 47.1 Å². The molecule has 0 saturated heterocycles. The molecule has 3 rings (SSSR count).